The molecule has 94 valence electrons. The van der Waals surface area contributed by atoms with E-state index in [4.69, 9.17) is 17.3 Å². The molecule has 1 aliphatic rings. The summed E-state index contributed by atoms with van der Waals surface area (Å²) < 4.78 is 13.5. The van der Waals surface area contributed by atoms with Gasteiger partial charge in [-0.05, 0) is 12.1 Å². The predicted octanol–water partition coefficient (Wildman–Crippen LogP) is 0.404. The highest BCUT2D eigenvalue weighted by Crippen LogP contribution is 2.19. The number of aliphatic imine (C=N–C) groups is 1. The number of nitrogens with zero attached hydrogens (tertiary/aromatic N) is 1. The standard InChI is InChI=1S/C11H9ClFN3O2/c12-6-2-1-3-7(13)5(6)4-8-15-10(17)9(14)11(18)16-8/h1-3,9H,4,14H2,(H,15,16,17,18). The molecule has 2 rings (SSSR count). The second-order valence-corrected chi connectivity index (χ2v) is 4.15. The van der Waals surface area contributed by atoms with E-state index in [0.29, 0.717) is 0 Å². The Morgan fingerprint density at radius 3 is 2.78 bits per heavy atom. The average molecular weight is 270 g/mol. The maximum Gasteiger partial charge on any atom is 0.273 e. The Kier molecular flexibility index (Phi) is 3.40. The molecule has 1 unspecified atom stereocenters. The van der Waals surface area contributed by atoms with Crippen LogP contribution in [-0.4, -0.2) is 23.7 Å². The number of carbonyl (C=O) groups is 2. The van der Waals surface area contributed by atoms with E-state index in [2.05, 4.69) is 10.3 Å². The smallest absolute Gasteiger partial charge is 0.273 e. The Hall–Kier alpha value is -1.79. The first-order chi connectivity index (χ1) is 8.49. The van der Waals surface area contributed by atoms with Crippen LogP contribution in [0.25, 0.3) is 0 Å². The van der Waals surface area contributed by atoms with Crippen LogP contribution in [-0.2, 0) is 16.0 Å². The normalized spacial score (nSPS) is 19.5. The summed E-state index contributed by atoms with van der Waals surface area (Å²) >= 11 is 5.83. The Balaban J connectivity index is 2.28. The maximum atomic E-state index is 13.5. The first-order valence-electron chi connectivity index (χ1n) is 5.10. The second-order valence-electron chi connectivity index (χ2n) is 3.74. The average Bonchev–Trinajstić information content (AvgIpc) is 2.31. The number of nitrogens with one attached hydrogen (secondary N) is 1. The number of nitrogens with two attached hydrogens (primary N) is 1. The molecule has 18 heavy (non-hydrogen) atoms. The Morgan fingerprint density at radius 1 is 1.44 bits per heavy atom. The van der Waals surface area contributed by atoms with Gasteiger partial charge in [-0.2, -0.15) is 4.99 Å². The van der Waals surface area contributed by atoms with Crippen LogP contribution in [0.5, 0.6) is 0 Å². The van der Waals surface area contributed by atoms with Gasteiger partial charge in [-0.15, -0.1) is 0 Å². The third-order valence-corrected chi connectivity index (χ3v) is 2.82. The lowest BCUT2D eigenvalue weighted by Crippen LogP contribution is -2.52. The zero-order valence-electron chi connectivity index (χ0n) is 9.11. The lowest BCUT2D eigenvalue weighted by atomic mass is 10.1. The van der Waals surface area contributed by atoms with Crippen LogP contribution < -0.4 is 11.1 Å². The summed E-state index contributed by atoms with van der Waals surface area (Å²) in [6.07, 6.45) is -0.0737. The van der Waals surface area contributed by atoms with Gasteiger partial charge in [0.05, 0.1) is 0 Å². The van der Waals surface area contributed by atoms with Crippen molar-refractivity contribution >= 4 is 29.3 Å². The third kappa shape index (κ3) is 2.39. The van der Waals surface area contributed by atoms with Gasteiger partial charge in [0.15, 0.2) is 6.04 Å². The Morgan fingerprint density at radius 2 is 2.17 bits per heavy atom. The van der Waals surface area contributed by atoms with Gasteiger partial charge < -0.3 is 11.1 Å². The fraction of sp³-hybridized carbons (Fsp3) is 0.182. The molecule has 2 amide bonds. The first-order valence-corrected chi connectivity index (χ1v) is 5.47. The van der Waals surface area contributed by atoms with Crippen LogP contribution in [0.1, 0.15) is 5.56 Å². The molecular formula is C11H9ClFN3O2. The summed E-state index contributed by atoms with van der Waals surface area (Å²) in [5.74, 6) is -1.89. The van der Waals surface area contributed by atoms with Crippen molar-refractivity contribution in [3.8, 4) is 0 Å². The van der Waals surface area contributed by atoms with Crippen LogP contribution in [0.3, 0.4) is 0 Å². The second kappa shape index (κ2) is 4.83. The third-order valence-electron chi connectivity index (χ3n) is 2.47. The predicted molar refractivity (Wildman–Crippen MR) is 63.7 cm³/mol. The summed E-state index contributed by atoms with van der Waals surface area (Å²) in [6.45, 7) is 0. The number of rotatable bonds is 2. The molecule has 1 aromatic rings. The molecule has 0 bridgehead atoms. The molecule has 0 saturated heterocycles. The van der Waals surface area contributed by atoms with Gasteiger partial charge >= 0.3 is 0 Å². The fourth-order valence-electron chi connectivity index (χ4n) is 1.52. The number of carbonyl (C=O) groups excluding carboxylic acids is 2. The van der Waals surface area contributed by atoms with Gasteiger partial charge in [-0.3, -0.25) is 9.59 Å². The van der Waals surface area contributed by atoms with Gasteiger partial charge in [0, 0.05) is 17.0 Å². The van der Waals surface area contributed by atoms with E-state index in [1.54, 1.807) is 0 Å². The van der Waals surface area contributed by atoms with Gasteiger partial charge in [-0.1, -0.05) is 17.7 Å². The molecule has 1 aliphatic heterocycles. The molecule has 3 N–H and O–H groups in total. The zero-order chi connectivity index (χ0) is 13.3. The Bertz CT molecular complexity index is 539. The maximum absolute atomic E-state index is 13.5. The molecule has 0 aliphatic carbocycles. The minimum Gasteiger partial charge on any atom is -0.312 e. The van der Waals surface area contributed by atoms with Crippen molar-refractivity contribution in [2.45, 2.75) is 12.5 Å². The molecule has 1 aromatic carbocycles. The van der Waals surface area contributed by atoms with Crippen molar-refractivity contribution in [2.75, 3.05) is 0 Å². The topological polar surface area (TPSA) is 84.6 Å². The van der Waals surface area contributed by atoms with Crippen LogP contribution in [0.4, 0.5) is 4.39 Å². The van der Waals surface area contributed by atoms with Crippen LogP contribution in [0.2, 0.25) is 5.02 Å². The van der Waals surface area contributed by atoms with Crippen molar-refractivity contribution in [1.29, 1.82) is 0 Å². The van der Waals surface area contributed by atoms with E-state index >= 15 is 0 Å². The van der Waals surface area contributed by atoms with Gasteiger partial charge in [0.2, 0.25) is 0 Å². The molecule has 0 fully saturated rings. The lowest BCUT2D eigenvalue weighted by Gasteiger charge is -2.17. The first kappa shape index (κ1) is 12.7. The number of hydrogen-bond donors (Lipinski definition) is 2. The molecule has 7 heteroatoms. The van der Waals surface area contributed by atoms with Crippen molar-refractivity contribution in [2.24, 2.45) is 10.7 Å². The highest BCUT2D eigenvalue weighted by Gasteiger charge is 2.28. The summed E-state index contributed by atoms with van der Waals surface area (Å²) in [5, 5.41) is 2.54. The van der Waals surface area contributed by atoms with Crippen LogP contribution in [0.15, 0.2) is 23.2 Å². The van der Waals surface area contributed by atoms with E-state index in [9.17, 15) is 14.0 Å². The fourth-order valence-corrected chi connectivity index (χ4v) is 1.74. The number of halogens is 2. The minimum absolute atomic E-state index is 0.0405. The Labute approximate surface area is 107 Å². The van der Waals surface area contributed by atoms with E-state index in [0.717, 1.165) is 0 Å². The van der Waals surface area contributed by atoms with Crippen molar-refractivity contribution in [1.82, 2.24) is 5.32 Å². The van der Waals surface area contributed by atoms with Crippen LogP contribution in [0, 0.1) is 5.82 Å². The molecule has 1 atom stereocenters. The highest BCUT2D eigenvalue weighted by atomic mass is 35.5. The quantitative estimate of drug-likeness (QED) is 0.763. The summed E-state index contributed by atoms with van der Waals surface area (Å²) in [5.41, 5.74) is 5.44. The highest BCUT2D eigenvalue weighted by molar-refractivity contribution is 6.31. The molecule has 0 spiro atoms. The largest absolute Gasteiger partial charge is 0.312 e. The lowest BCUT2D eigenvalue weighted by molar-refractivity contribution is -0.129. The molecule has 5 nitrogen and oxygen atoms in total. The molecule has 0 saturated carbocycles. The number of hydrogen-bond acceptors (Lipinski definition) is 3. The molecular weight excluding hydrogens is 261 g/mol. The number of benzene rings is 1. The van der Waals surface area contributed by atoms with Gasteiger partial charge in [0.1, 0.15) is 11.7 Å². The van der Waals surface area contributed by atoms with E-state index in [1.165, 1.54) is 18.2 Å². The summed E-state index contributed by atoms with van der Waals surface area (Å²) in [4.78, 5) is 26.2. The summed E-state index contributed by atoms with van der Waals surface area (Å²) in [6, 6.07) is 2.91. The zero-order valence-corrected chi connectivity index (χ0v) is 9.87. The van der Waals surface area contributed by atoms with Gasteiger partial charge in [-0.25, -0.2) is 4.39 Å². The minimum atomic E-state index is -1.30. The molecule has 1 heterocycles. The molecule has 0 aromatic heterocycles. The monoisotopic (exact) mass is 269 g/mol. The number of amides is 2. The van der Waals surface area contributed by atoms with Crippen molar-refractivity contribution in [3.05, 3.63) is 34.6 Å². The van der Waals surface area contributed by atoms with Crippen LogP contribution >= 0.6 is 11.6 Å². The number of amidine groups is 1. The van der Waals surface area contributed by atoms with Crippen molar-refractivity contribution in [3.63, 3.8) is 0 Å². The van der Waals surface area contributed by atoms with E-state index in [-0.39, 0.29) is 22.8 Å². The molecule has 0 radical (unpaired) electrons. The van der Waals surface area contributed by atoms with Crippen molar-refractivity contribution < 1.29 is 14.0 Å². The van der Waals surface area contributed by atoms with E-state index in [1.807, 2.05) is 0 Å². The summed E-state index contributed by atoms with van der Waals surface area (Å²) in [7, 11) is 0. The van der Waals surface area contributed by atoms with E-state index < -0.39 is 23.7 Å². The SMILES string of the molecule is NC1C(=O)N=C(Cc2c(F)cccc2Cl)NC1=O. The van der Waals surface area contributed by atoms with Gasteiger partial charge in [0.25, 0.3) is 11.8 Å².